The van der Waals surface area contributed by atoms with Gasteiger partial charge in [0.2, 0.25) is 0 Å². The fourth-order valence-electron chi connectivity index (χ4n) is 9.76. The minimum Gasteiger partial charge on any atom is -0.473 e. The van der Waals surface area contributed by atoms with Crippen molar-refractivity contribution >= 4 is 44.3 Å². The van der Waals surface area contributed by atoms with Gasteiger partial charge >= 0.3 is 0 Å². The van der Waals surface area contributed by atoms with Gasteiger partial charge in [-0.15, -0.1) is 0 Å². The van der Waals surface area contributed by atoms with E-state index in [9.17, 15) is 0 Å². The first-order chi connectivity index (χ1) is 29.7. The van der Waals surface area contributed by atoms with Crippen LogP contribution in [0.5, 0.6) is 17.2 Å². The molecule has 0 amide bonds. The minimum absolute atomic E-state index is 0.474. The summed E-state index contributed by atoms with van der Waals surface area (Å²) in [4.78, 5) is 9.43. The van der Waals surface area contributed by atoms with E-state index in [0.29, 0.717) is 20.2 Å². The predicted octanol–water partition coefficient (Wildman–Crippen LogP) is 11.3. The Labute approximate surface area is 350 Å². The topological polar surface area (TPSA) is 40.7 Å². The summed E-state index contributed by atoms with van der Waals surface area (Å²) in [5, 5.41) is 4.84. The molecule has 4 aliphatic rings. The first kappa shape index (κ1) is 34.9. The van der Waals surface area contributed by atoms with Crippen LogP contribution < -0.4 is 33.8 Å². The Kier molecular flexibility index (Phi) is 8.32. The molecule has 8 aromatic carbocycles. The van der Waals surface area contributed by atoms with Gasteiger partial charge in [0.15, 0.2) is 20.2 Å². The molecule has 7 heteroatoms. The predicted molar refractivity (Wildman–Crippen MR) is 242 cm³/mol. The van der Waals surface area contributed by atoms with Gasteiger partial charge < -0.3 is 33.8 Å². The van der Waals surface area contributed by atoms with Gasteiger partial charge in [0.05, 0.1) is 6.54 Å². The van der Waals surface area contributed by atoms with E-state index in [2.05, 4.69) is 171 Å². The summed E-state index contributed by atoms with van der Waals surface area (Å²) >= 11 is 0. The van der Waals surface area contributed by atoms with Crippen molar-refractivity contribution in [3.63, 3.8) is 0 Å². The van der Waals surface area contributed by atoms with E-state index < -0.39 is 0 Å². The summed E-state index contributed by atoms with van der Waals surface area (Å²) in [6, 6.07) is 56.9. The Morgan fingerprint density at radius 1 is 0.350 bits per heavy atom. The van der Waals surface area contributed by atoms with Crippen LogP contribution in [-0.4, -0.2) is 26.7 Å². The molecule has 4 heterocycles. The highest BCUT2D eigenvalue weighted by Gasteiger charge is 2.27. The fraction of sp³-hybridized carbons (Fsp3) is 0.170. The molecule has 8 aromatic rings. The van der Waals surface area contributed by atoms with E-state index in [4.69, 9.17) is 14.2 Å². The second-order valence-corrected chi connectivity index (χ2v) is 16.4. The third-order valence-corrected chi connectivity index (χ3v) is 12.9. The van der Waals surface area contributed by atoms with Crippen molar-refractivity contribution in [2.24, 2.45) is 0 Å². The maximum absolute atomic E-state index is 6.58. The van der Waals surface area contributed by atoms with Gasteiger partial charge in [0.1, 0.15) is 17.2 Å². The maximum atomic E-state index is 6.58. The zero-order chi connectivity index (χ0) is 39.6. The van der Waals surface area contributed by atoms with E-state index >= 15 is 0 Å². The average molecular weight is 785 g/mol. The van der Waals surface area contributed by atoms with Gasteiger partial charge in [0, 0.05) is 76.4 Å². The van der Waals surface area contributed by atoms with Gasteiger partial charge in [-0.3, -0.25) is 0 Å². The van der Waals surface area contributed by atoms with Crippen LogP contribution in [0, 0.1) is 0 Å². The summed E-state index contributed by atoms with van der Waals surface area (Å²) in [5.74, 6) is 2.90. The molecule has 12 rings (SSSR count). The highest BCUT2D eigenvalue weighted by Crippen LogP contribution is 2.43. The average Bonchev–Trinajstić information content (AvgIpc) is 3.33. The molecule has 0 aliphatic carbocycles. The van der Waals surface area contributed by atoms with Gasteiger partial charge in [-0.05, 0) is 94.0 Å². The number of ether oxygens (including phenoxy) is 3. The van der Waals surface area contributed by atoms with E-state index in [-0.39, 0.29) is 0 Å². The quantitative estimate of drug-likeness (QED) is 0.172. The van der Waals surface area contributed by atoms with Crippen molar-refractivity contribution in [2.75, 3.05) is 46.3 Å². The lowest BCUT2D eigenvalue weighted by atomic mass is 9.91. The van der Waals surface area contributed by atoms with Crippen molar-refractivity contribution < 1.29 is 14.2 Å². The second-order valence-electron chi connectivity index (χ2n) is 16.4. The van der Waals surface area contributed by atoms with Crippen LogP contribution in [-0.2, 0) is 32.6 Å². The summed E-state index contributed by atoms with van der Waals surface area (Å²) in [6.45, 7) is 5.82. The highest BCUT2D eigenvalue weighted by molar-refractivity contribution is 5.96. The fourth-order valence-corrected chi connectivity index (χ4v) is 9.76. The first-order valence-corrected chi connectivity index (χ1v) is 21.0. The molecule has 0 aromatic heterocycles. The number of anilines is 4. The number of rotatable bonds is 5. The van der Waals surface area contributed by atoms with Crippen molar-refractivity contribution in [2.45, 2.75) is 32.6 Å². The molecular formula is C53H44N4O3. The van der Waals surface area contributed by atoms with E-state index in [1.807, 2.05) is 6.07 Å². The van der Waals surface area contributed by atoms with Gasteiger partial charge in [-0.2, -0.15) is 0 Å². The SMILES string of the molecule is c1ccc(N2COc3c(ccc4c5c(ccc34)CN(c3cccc(-c4cccc(N6COc7ccc8c9c(ccc8c7C6)CCN(c6ccccc6)C9)c4)c3)CO5)C2)cc1. The van der Waals surface area contributed by atoms with Crippen molar-refractivity contribution in [1.82, 2.24) is 0 Å². The Morgan fingerprint density at radius 3 is 1.48 bits per heavy atom. The molecule has 0 radical (unpaired) electrons. The lowest BCUT2D eigenvalue weighted by Gasteiger charge is -2.34. The molecule has 0 fully saturated rings. The third kappa shape index (κ3) is 6.03. The summed E-state index contributed by atoms with van der Waals surface area (Å²) in [6.07, 6.45) is 1.05. The zero-order valence-electron chi connectivity index (χ0n) is 33.4. The minimum atomic E-state index is 0.474. The van der Waals surface area contributed by atoms with Crippen LogP contribution in [0.1, 0.15) is 27.8 Å². The smallest absolute Gasteiger partial charge is 0.161 e. The molecule has 0 unspecified atom stereocenters. The number of hydrogen-bond donors (Lipinski definition) is 0. The maximum Gasteiger partial charge on any atom is 0.161 e. The molecule has 0 bridgehead atoms. The summed E-state index contributed by atoms with van der Waals surface area (Å²) in [5.41, 5.74) is 13.6. The van der Waals surface area contributed by atoms with Gasteiger partial charge in [-0.25, -0.2) is 0 Å². The Hall–Kier alpha value is -7.12. The monoisotopic (exact) mass is 784 g/mol. The van der Waals surface area contributed by atoms with Crippen molar-refractivity contribution in [3.05, 3.63) is 186 Å². The summed E-state index contributed by atoms with van der Waals surface area (Å²) in [7, 11) is 0. The number of benzene rings is 8. The van der Waals surface area contributed by atoms with Crippen molar-refractivity contribution in [3.8, 4) is 28.4 Å². The van der Waals surface area contributed by atoms with Crippen LogP contribution in [0.4, 0.5) is 22.7 Å². The number of nitrogens with zero attached hydrogens (tertiary/aromatic N) is 4. The number of hydrogen-bond acceptors (Lipinski definition) is 7. The zero-order valence-corrected chi connectivity index (χ0v) is 33.4. The van der Waals surface area contributed by atoms with E-state index in [1.165, 1.54) is 61.1 Å². The number of fused-ring (bicyclic) bond motifs is 10. The largest absolute Gasteiger partial charge is 0.473 e. The second kappa shape index (κ2) is 14.3. The molecule has 60 heavy (non-hydrogen) atoms. The lowest BCUT2D eigenvalue weighted by molar-refractivity contribution is 0.289. The van der Waals surface area contributed by atoms with Crippen LogP contribution in [0.2, 0.25) is 0 Å². The number of para-hydroxylation sites is 2. The molecule has 0 atom stereocenters. The Balaban J connectivity index is 0.780. The molecular weight excluding hydrogens is 741 g/mol. The molecule has 294 valence electrons. The first-order valence-electron chi connectivity index (χ1n) is 21.0. The van der Waals surface area contributed by atoms with Gasteiger partial charge in [-0.1, -0.05) is 103 Å². The molecule has 0 spiro atoms. The Morgan fingerprint density at radius 2 is 0.833 bits per heavy atom. The van der Waals surface area contributed by atoms with E-state index in [0.717, 1.165) is 78.5 Å². The summed E-state index contributed by atoms with van der Waals surface area (Å²) < 4.78 is 19.5. The molecule has 0 saturated heterocycles. The van der Waals surface area contributed by atoms with Crippen LogP contribution in [0.3, 0.4) is 0 Å². The normalized spacial score (nSPS) is 15.7. The lowest BCUT2D eigenvalue weighted by Crippen LogP contribution is -2.32. The third-order valence-electron chi connectivity index (χ3n) is 12.9. The molecule has 4 aliphatic heterocycles. The molecule has 0 N–H and O–H groups in total. The van der Waals surface area contributed by atoms with Gasteiger partial charge in [0.25, 0.3) is 0 Å². The van der Waals surface area contributed by atoms with Crippen LogP contribution in [0.15, 0.2) is 158 Å². The Bertz CT molecular complexity index is 2930. The van der Waals surface area contributed by atoms with Crippen molar-refractivity contribution in [1.29, 1.82) is 0 Å². The van der Waals surface area contributed by atoms with Crippen LogP contribution >= 0.6 is 0 Å². The standard InChI is InChI=1S/C53H44N4O3/c1-3-11-41(12-4-1)54-26-25-36-17-20-46-45(49(36)31-54)23-24-51-50(46)32-57(33-58-51)44-16-8-10-38(28-44)37-9-7-15-43(27-37)56-30-40-19-22-47-48(53(40)60-35-56)21-18-39-29-55(34-59-52(39)47)42-13-5-2-6-14-42/h1-24,27-28H,25-26,29-35H2. The molecule has 0 saturated carbocycles. The van der Waals surface area contributed by atoms with E-state index in [1.54, 1.807) is 0 Å². The van der Waals surface area contributed by atoms with Crippen LogP contribution in [0.25, 0.3) is 32.7 Å². The highest BCUT2D eigenvalue weighted by atomic mass is 16.5. The molecule has 7 nitrogen and oxygen atoms in total.